The van der Waals surface area contributed by atoms with Gasteiger partial charge in [0, 0.05) is 24.2 Å². The highest BCUT2D eigenvalue weighted by molar-refractivity contribution is 7.15. The number of benzene rings is 1. The molecule has 0 amide bonds. The van der Waals surface area contributed by atoms with Crippen molar-refractivity contribution in [3.63, 3.8) is 0 Å². The van der Waals surface area contributed by atoms with Gasteiger partial charge in [0.1, 0.15) is 0 Å². The first-order valence-corrected chi connectivity index (χ1v) is 7.37. The Morgan fingerprint density at radius 1 is 1.32 bits per heavy atom. The molecule has 0 radical (unpaired) electrons. The summed E-state index contributed by atoms with van der Waals surface area (Å²) in [5, 5.41) is 0.783. The summed E-state index contributed by atoms with van der Waals surface area (Å²) in [4.78, 5) is 7.97. The van der Waals surface area contributed by atoms with Crippen LogP contribution < -0.4 is 11.3 Å². The van der Waals surface area contributed by atoms with Crippen LogP contribution in [-0.4, -0.2) is 16.4 Å². The molecule has 0 fully saturated rings. The van der Waals surface area contributed by atoms with E-state index in [1.165, 1.54) is 28.8 Å². The van der Waals surface area contributed by atoms with Gasteiger partial charge in [-0.05, 0) is 30.5 Å². The Bertz CT molecular complexity index is 552. The van der Waals surface area contributed by atoms with Gasteiger partial charge in [-0.3, -0.25) is 10.3 Å². The van der Waals surface area contributed by atoms with Gasteiger partial charge in [-0.25, -0.2) is 10.8 Å². The molecular formula is C14H18N4S. The molecule has 2 aromatic rings. The lowest BCUT2D eigenvalue weighted by Crippen LogP contribution is -2.22. The summed E-state index contributed by atoms with van der Waals surface area (Å²) in [5.41, 5.74) is 5.56. The molecule has 2 heterocycles. The predicted molar refractivity (Wildman–Crippen MR) is 78.8 cm³/mol. The van der Waals surface area contributed by atoms with E-state index < -0.39 is 0 Å². The van der Waals surface area contributed by atoms with Crippen molar-refractivity contribution < 1.29 is 0 Å². The number of aromatic nitrogens is 1. The summed E-state index contributed by atoms with van der Waals surface area (Å²) >= 11 is 1.63. The first-order chi connectivity index (χ1) is 9.35. The number of nitrogens with one attached hydrogen (secondary N) is 1. The van der Waals surface area contributed by atoms with E-state index >= 15 is 0 Å². The van der Waals surface area contributed by atoms with Gasteiger partial charge in [-0.2, -0.15) is 0 Å². The fraction of sp³-hybridized carbons (Fsp3) is 0.357. The first-order valence-electron chi connectivity index (χ1n) is 6.55. The first kappa shape index (κ1) is 12.6. The van der Waals surface area contributed by atoms with E-state index in [1.54, 1.807) is 11.3 Å². The van der Waals surface area contributed by atoms with Gasteiger partial charge < -0.3 is 0 Å². The van der Waals surface area contributed by atoms with Crippen LogP contribution in [0.25, 0.3) is 0 Å². The standard InChI is InChI=1S/C14H18N4S/c15-17-14-16-8-13(19-14)10-18-7-3-6-11-4-1-2-5-12(11)9-18/h1-2,4-5,8H,3,6-7,9-10,15H2,(H,16,17). The monoisotopic (exact) mass is 274 g/mol. The second-order valence-electron chi connectivity index (χ2n) is 4.86. The molecule has 0 atom stereocenters. The van der Waals surface area contributed by atoms with Crippen molar-refractivity contribution in [3.8, 4) is 0 Å². The van der Waals surface area contributed by atoms with Crippen molar-refractivity contribution in [1.29, 1.82) is 0 Å². The minimum atomic E-state index is 0.783. The Labute approximate surface area is 117 Å². The molecule has 1 aromatic heterocycles. The predicted octanol–water partition coefficient (Wildman–Crippen LogP) is 2.38. The summed E-state index contributed by atoms with van der Waals surface area (Å²) in [5.74, 6) is 5.37. The smallest absolute Gasteiger partial charge is 0.197 e. The zero-order valence-electron chi connectivity index (χ0n) is 10.8. The largest absolute Gasteiger partial charge is 0.300 e. The van der Waals surface area contributed by atoms with Crippen LogP contribution >= 0.6 is 11.3 Å². The van der Waals surface area contributed by atoms with E-state index in [0.717, 1.165) is 24.8 Å². The summed E-state index contributed by atoms with van der Waals surface area (Å²) in [6.07, 6.45) is 4.32. The van der Waals surface area contributed by atoms with Crippen molar-refractivity contribution >= 4 is 16.5 Å². The highest BCUT2D eigenvalue weighted by Gasteiger charge is 2.15. The number of rotatable bonds is 3. The minimum absolute atomic E-state index is 0.783. The van der Waals surface area contributed by atoms with Crippen molar-refractivity contribution in [2.45, 2.75) is 25.9 Å². The molecule has 1 aliphatic heterocycles. The quantitative estimate of drug-likeness (QED) is 0.666. The van der Waals surface area contributed by atoms with Crippen molar-refractivity contribution in [2.24, 2.45) is 5.84 Å². The highest BCUT2D eigenvalue weighted by Crippen LogP contribution is 2.23. The van der Waals surface area contributed by atoms with Crippen LogP contribution in [0.4, 0.5) is 5.13 Å². The Kier molecular flexibility index (Phi) is 3.77. The van der Waals surface area contributed by atoms with E-state index in [2.05, 4.69) is 39.6 Å². The van der Waals surface area contributed by atoms with Gasteiger partial charge >= 0.3 is 0 Å². The average molecular weight is 274 g/mol. The number of anilines is 1. The molecule has 4 nitrogen and oxygen atoms in total. The SMILES string of the molecule is NNc1ncc(CN2CCCc3ccccc3C2)s1. The van der Waals surface area contributed by atoms with Crippen LogP contribution in [0.1, 0.15) is 22.4 Å². The summed E-state index contributed by atoms with van der Waals surface area (Å²) in [6, 6.07) is 8.76. The maximum atomic E-state index is 5.37. The normalized spacial score (nSPS) is 15.8. The fourth-order valence-electron chi connectivity index (χ4n) is 2.57. The van der Waals surface area contributed by atoms with Crippen molar-refractivity contribution in [1.82, 2.24) is 9.88 Å². The third kappa shape index (κ3) is 2.94. The number of aryl methyl sites for hydroxylation is 1. The summed E-state index contributed by atoms with van der Waals surface area (Å²) in [6.45, 7) is 3.12. The Hall–Kier alpha value is -1.43. The molecule has 0 saturated carbocycles. The van der Waals surface area contributed by atoms with Gasteiger partial charge in [0.15, 0.2) is 5.13 Å². The van der Waals surface area contributed by atoms with E-state index in [9.17, 15) is 0 Å². The molecule has 0 unspecified atom stereocenters. The maximum Gasteiger partial charge on any atom is 0.197 e. The number of hydrazine groups is 1. The van der Waals surface area contributed by atoms with Crippen molar-refractivity contribution in [3.05, 3.63) is 46.5 Å². The molecule has 0 aliphatic carbocycles. The maximum absolute atomic E-state index is 5.37. The molecule has 3 rings (SSSR count). The average Bonchev–Trinajstić information content (AvgIpc) is 2.78. The van der Waals surface area contributed by atoms with Crippen LogP contribution in [0.5, 0.6) is 0 Å². The van der Waals surface area contributed by atoms with Crippen LogP contribution in [0.15, 0.2) is 30.5 Å². The number of hydrogen-bond donors (Lipinski definition) is 2. The van der Waals surface area contributed by atoms with E-state index in [0.29, 0.717) is 0 Å². The second kappa shape index (κ2) is 5.69. The number of nitrogen functional groups attached to an aromatic ring is 1. The summed E-state index contributed by atoms with van der Waals surface area (Å²) in [7, 11) is 0. The molecule has 0 spiro atoms. The molecule has 1 aliphatic rings. The number of hydrogen-bond acceptors (Lipinski definition) is 5. The van der Waals surface area contributed by atoms with E-state index in [1.807, 2.05) is 6.20 Å². The zero-order chi connectivity index (χ0) is 13.1. The zero-order valence-corrected chi connectivity index (χ0v) is 11.6. The van der Waals surface area contributed by atoms with Gasteiger partial charge in [-0.1, -0.05) is 35.6 Å². The number of nitrogens with two attached hydrogens (primary N) is 1. The lowest BCUT2D eigenvalue weighted by molar-refractivity contribution is 0.263. The second-order valence-corrected chi connectivity index (χ2v) is 5.97. The third-order valence-corrected chi connectivity index (χ3v) is 4.40. The molecule has 5 heteroatoms. The Morgan fingerprint density at radius 3 is 2.95 bits per heavy atom. The number of nitrogens with zero attached hydrogens (tertiary/aromatic N) is 2. The van der Waals surface area contributed by atoms with Gasteiger partial charge in [0.05, 0.1) is 0 Å². The number of thiazole rings is 1. The molecular weight excluding hydrogens is 256 g/mol. The lowest BCUT2D eigenvalue weighted by Gasteiger charge is -2.19. The Morgan fingerprint density at radius 2 is 2.16 bits per heavy atom. The molecule has 100 valence electrons. The van der Waals surface area contributed by atoms with E-state index in [-0.39, 0.29) is 0 Å². The highest BCUT2D eigenvalue weighted by atomic mass is 32.1. The van der Waals surface area contributed by atoms with Gasteiger partial charge in [0.2, 0.25) is 0 Å². The Balaban J connectivity index is 1.72. The van der Waals surface area contributed by atoms with Crippen LogP contribution in [0.2, 0.25) is 0 Å². The van der Waals surface area contributed by atoms with Gasteiger partial charge in [-0.15, -0.1) is 0 Å². The minimum Gasteiger partial charge on any atom is -0.300 e. The molecule has 0 saturated heterocycles. The van der Waals surface area contributed by atoms with Crippen molar-refractivity contribution in [2.75, 3.05) is 12.0 Å². The van der Waals surface area contributed by atoms with Crippen LogP contribution in [-0.2, 0) is 19.5 Å². The molecule has 0 bridgehead atoms. The third-order valence-electron chi connectivity index (χ3n) is 3.49. The van der Waals surface area contributed by atoms with Gasteiger partial charge in [0.25, 0.3) is 0 Å². The summed E-state index contributed by atoms with van der Waals surface area (Å²) < 4.78 is 0. The molecule has 19 heavy (non-hydrogen) atoms. The number of fused-ring (bicyclic) bond motifs is 1. The molecule has 1 aromatic carbocycles. The van der Waals surface area contributed by atoms with Crippen LogP contribution in [0, 0.1) is 0 Å². The fourth-order valence-corrected chi connectivity index (χ4v) is 3.34. The topological polar surface area (TPSA) is 54.2 Å². The molecule has 3 N–H and O–H groups in total. The van der Waals surface area contributed by atoms with E-state index in [4.69, 9.17) is 5.84 Å². The lowest BCUT2D eigenvalue weighted by atomic mass is 10.0. The van der Waals surface area contributed by atoms with Crippen LogP contribution in [0.3, 0.4) is 0 Å².